The number of anilines is 2. The van der Waals surface area contributed by atoms with E-state index < -0.39 is 0 Å². The van der Waals surface area contributed by atoms with Crippen molar-refractivity contribution in [1.82, 2.24) is 5.32 Å². The number of esters is 1. The van der Waals surface area contributed by atoms with E-state index in [-0.39, 0.29) is 12.6 Å². The predicted molar refractivity (Wildman–Crippen MR) is 83.4 cm³/mol. The molecule has 1 aliphatic rings. The van der Waals surface area contributed by atoms with Gasteiger partial charge in [-0.25, -0.2) is 4.79 Å². The van der Waals surface area contributed by atoms with E-state index in [0.717, 1.165) is 37.6 Å². The molecule has 1 aromatic rings. The van der Waals surface area contributed by atoms with Gasteiger partial charge < -0.3 is 24.6 Å². The minimum atomic E-state index is -0.382. The molecule has 1 saturated heterocycles. The van der Waals surface area contributed by atoms with Crippen LogP contribution in [0.3, 0.4) is 0 Å². The molecule has 21 heavy (non-hydrogen) atoms. The molecule has 2 rings (SSSR count). The molecule has 1 heterocycles. The Kier molecular flexibility index (Phi) is 5.27. The second kappa shape index (κ2) is 7.17. The molecular formula is C15H23N3O3. The average Bonchev–Trinajstić information content (AvgIpc) is 2.53. The Morgan fingerprint density at radius 2 is 2.05 bits per heavy atom. The molecule has 0 amide bonds. The number of nitrogens with zero attached hydrogens (tertiary/aromatic N) is 2. The number of nitrogens with one attached hydrogen (secondary N) is 1. The van der Waals surface area contributed by atoms with E-state index in [0.29, 0.717) is 5.75 Å². The maximum atomic E-state index is 11.3. The lowest BCUT2D eigenvalue weighted by atomic mass is 10.2. The Hall–Kier alpha value is -1.95. The number of benzene rings is 1. The van der Waals surface area contributed by atoms with Crippen molar-refractivity contribution in [3.05, 3.63) is 18.2 Å². The highest BCUT2D eigenvalue weighted by atomic mass is 16.6. The molecule has 116 valence electrons. The topological polar surface area (TPSA) is 54.0 Å². The van der Waals surface area contributed by atoms with E-state index in [4.69, 9.17) is 4.74 Å². The summed E-state index contributed by atoms with van der Waals surface area (Å²) in [5.41, 5.74) is 2.06. The van der Waals surface area contributed by atoms with Crippen molar-refractivity contribution in [2.24, 2.45) is 0 Å². The quantitative estimate of drug-likeness (QED) is 0.807. The van der Waals surface area contributed by atoms with Crippen LogP contribution in [0.2, 0.25) is 0 Å². The smallest absolute Gasteiger partial charge is 0.343 e. The normalized spacial score (nSPS) is 14.7. The summed E-state index contributed by atoms with van der Waals surface area (Å²) in [7, 11) is 5.26. The van der Waals surface area contributed by atoms with Gasteiger partial charge in [0.15, 0.2) is 6.61 Å². The summed E-state index contributed by atoms with van der Waals surface area (Å²) >= 11 is 0. The van der Waals surface area contributed by atoms with E-state index >= 15 is 0 Å². The standard InChI is InChI=1S/C15H23N3O3/c1-17(2)13-5-4-12(18-8-6-16-7-9-18)10-14(13)21-11-15(19)20-3/h4-5,10,16H,6-9,11H2,1-3H3. The molecule has 6 nitrogen and oxygen atoms in total. The zero-order chi connectivity index (χ0) is 15.2. The summed E-state index contributed by atoms with van der Waals surface area (Å²) in [6, 6.07) is 6.10. The van der Waals surface area contributed by atoms with Gasteiger partial charge in [0.2, 0.25) is 0 Å². The molecule has 0 bridgehead atoms. The maximum Gasteiger partial charge on any atom is 0.343 e. The van der Waals surface area contributed by atoms with Gasteiger partial charge in [-0.05, 0) is 12.1 Å². The fraction of sp³-hybridized carbons (Fsp3) is 0.533. The van der Waals surface area contributed by atoms with Crippen LogP contribution in [0.1, 0.15) is 0 Å². The summed E-state index contributed by atoms with van der Waals surface area (Å²) in [5, 5.41) is 3.33. The molecule has 0 radical (unpaired) electrons. The molecule has 1 aliphatic heterocycles. The van der Waals surface area contributed by atoms with Gasteiger partial charge in [0.05, 0.1) is 12.8 Å². The SMILES string of the molecule is COC(=O)COc1cc(N2CCNCC2)ccc1N(C)C. The van der Waals surface area contributed by atoms with E-state index in [2.05, 4.69) is 21.0 Å². The molecule has 0 spiro atoms. The van der Waals surface area contributed by atoms with Gasteiger partial charge >= 0.3 is 5.97 Å². The first-order valence-electron chi connectivity index (χ1n) is 7.08. The summed E-state index contributed by atoms with van der Waals surface area (Å²) in [4.78, 5) is 15.5. The molecule has 0 unspecified atom stereocenters. The molecule has 1 fully saturated rings. The van der Waals surface area contributed by atoms with E-state index in [9.17, 15) is 4.79 Å². The molecule has 1 aromatic carbocycles. The van der Waals surface area contributed by atoms with Gasteiger partial charge in [-0.1, -0.05) is 0 Å². The summed E-state index contributed by atoms with van der Waals surface area (Å²) in [5.74, 6) is 0.314. The molecule has 0 saturated carbocycles. The van der Waals surface area contributed by atoms with E-state index in [1.165, 1.54) is 7.11 Å². The van der Waals surface area contributed by atoms with Crippen LogP contribution in [0.15, 0.2) is 18.2 Å². The van der Waals surface area contributed by atoms with Crippen LogP contribution >= 0.6 is 0 Å². The molecule has 6 heteroatoms. The number of hydrogen-bond donors (Lipinski definition) is 1. The van der Waals surface area contributed by atoms with Crippen LogP contribution in [-0.2, 0) is 9.53 Å². The van der Waals surface area contributed by atoms with Crippen LogP contribution in [0.25, 0.3) is 0 Å². The highest BCUT2D eigenvalue weighted by Gasteiger charge is 2.15. The number of rotatable bonds is 5. The third-order valence-corrected chi connectivity index (χ3v) is 3.48. The van der Waals surface area contributed by atoms with Gasteiger partial charge in [-0.3, -0.25) is 0 Å². The number of ether oxygens (including phenoxy) is 2. The number of hydrogen-bond acceptors (Lipinski definition) is 6. The van der Waals surface area contributed by atoms with Crippen molar-refractivity contribution in [2.45, 2.75) is 0 Å². The van der Waals surface area contributed by atoms with Crippen molar-refractivity contribution >= 4 is 17.3 Å². The Balaban J connectivity index is 2.18. The summed E-state index contributed by atoms with van der Waals surface area (Å²) in [6.45, 7) is 3.82. The lowest BCUT2D eigenvalue weighted by molar-refractivity contribution is -0.142. The van der Waals surface area contributed by atoms with Gasteiger partial charge in [-0.15, -0.1) is 0 Å². The predicted octanol–water partition coefficient (Wildman–Crippen LogP) is 0.714. The lowest BCUT2D eigenvalue weighted by Crippen LogP contribution is -2.43. The number of carbonyl (C=O) groups is 1. The molecule has 0 atom stereocenters. The number of piperazine rings is 1. The third kappa shape index (κ3) is 4.01. The zero-order valence-corrected chi connectivity index (χ0v) is 12.9. The van der Waals surface area contributed by atoms with Crippen molar-refractivity contribution in [2.75, 3.05) is 63.8 Å². The monoisotopic (exact) mass is 293 g/mol. The van der Waals surface area contributed by atoms with Gasteiger partial charge in [0.1, 0.15) is 5.75 Å². The van der Waals surface area contributed by atoms with Crippen LogP contribution in [-0.4, -0.2) is 60.0 Å². The van der Waals surface area contributed by atoms with Crippen LogP contribution in [0, 0.1) is 0 Å². The van der Waals surface area contributed by atoms with Crippen molar-refractivity contribution in [3.8, 4) is 5.75 Å². The fourth-order valence-electron chi connectivity index (χ4n) is 2.30. The van der Waals surface area contributed by atoms with Crippen LogP contribution < -0.4 is 19.9 Å². The minimum absolute atomic E-state index is 0.0810. The first-order chi connectivity index (χ1) is 10.1. The second-order valence-corrected chi connectivity index (χ2v) is 5.15. The highest BCUT2D eigenvalue weighted by molar-refractivity contribution is 5.72. The summed E-state index contributed by atoms with van der Waals surface area (Å²) < 4.78 is 10.2. The molecule has 0 aliphatic carbocycles. The number of carbonyl (C=O) groups excluding carboxylic acids is 1. The van der Waals surface area contributed by atoms with Gasteiger partial charge in [0.25, 0.3) is 0 Å². The minimum Gasteiger partial charge on any atom is -0.480 e. The number of methoxy groups -OCH3 is 1. The Morgan fingerprint density at radius 3 is 2.67 bits per heavy atom. The van der Waals surface area contributed by atoms with E-state index in [1.54, 1.807) is 0 Å². The molecule has 0 aromatic heterocycles. The van der Waals surface area contributed by atoms with Gasteiger partial charge in [-0.2, -0.15) is 0 Å². The summed E-state index contributed by atoms with van der Waals surface area (Å²) in [6.07, 6.45) is 0. The van der Waals surface area contributed by atoms with Crippen molar-refractivity contribution in [1.29, 1.82) is 0 Å². The lowest BCUT2D eigenvalue weighted by Gasteiger charge is -2.30. The molecule has 1 N–H and O–H groups in total. The first-order valence-corrected chi connectivity index (χ1v) is 7.08. The zero-order valence-electron chi connectivity index (χ0n) is 12.9. The average molecular weight is 293 g/mol. The largest absolute Gasteiger partial charge is 0.480 e. The Morgan fingerprint density at radius 1 is 1.33 bits per heavy atom. The maximum absolute atomic E-state index is 11.3. The molecular weight excluding hydrogens is 270 g/mol. The van der Waals surface area contributed by atoms with Crippen molar-refractivity contribution < 1.29 is 14.3 Å². The fourth-order valence-corrected chi connectivity index (χ4v) is 2.30. The third-order valence-electron chi connectivity index (χ3n) is 3.48. The first kappa shape index (κ1) is 15.4. The Labute approximate surface area is 125 Å². The van der Waals surface area contributed by atoms with Crippen LogP contribution in [0.4, 0.5) is 11.4 Å². The van der Waals surface area contributed by atoms with E-state index in [1.807, 2.05) is 31.1 Å². The second-order valence-electron chi connectivity index (χ2n) is 5.15. The van der Waals surface area contributed by atoms with Crippen LogP contribution in [0.5, 0.6) is 5.75 Å². The Bertz CT molecular complexity index is 485. The van der Waals surface area contributed by atoms with Crippen molar-refractivity contribution in [3.63, 3.8) is 0 Å². The highest BCUT2D eigenvalue weighted by Crippen LogP contribution is 2.32. The van der Waals surface area contributed by atoms with Gasteiger partial charge in [0, 0.05) is 52.0 Å².